The van der Waals surface area contributed by atoms with Gasteiger partial charge in [-0.25, -0.2) is 4.85 Å². The van der Waals surface area contributed by atoms with Crippen molar-refractivity contribution in [3.63, 3.8) is 0 Å². The highest BCUT2D eigenvalue weighted by molar-refractivity contribution is 5.62. The summed E-state index contributed by atoms with van der Waals surface area (Å²) in [6.07, 6.45) is 0.366. The number of likely N-dealkylation sites (tertiary alicyclic amines) is 1. The molecule has 2 aliphatic rings. The van der Waals surface area contributed by atoms with Gasteiger partial charge in [-0.3, -0.25) is 4.90 Å². The van der Waals surface area contributed by atoms with Gasteiger partial charge in [0.05, 0.1) is 24.3 Å². The monoisotopic (exact) mass is 501 g/mol. The maximum Gasteiger partial charge on any atom is 0.407 e. The summed E-state index contributed by atoms with van der Waals surface area (Å²) in [7, 11) is 0. The standard InChI is InChI=1S/C28H34F3N3O2/c1-3-26(34-15-4-5-16-34)21-6-9-23(10-7-21)36-19-14-27(35)12-17-33(18-13-27)22-8-11-25(32-2)24(20-22)28(29,30)31/h6-11,20,26,35H,3-5,12-19H2,1H3. The van der Waals surface area contributed by atoms with Crippen LogP contribution in [0.5, 0.6) is 5.75 Å². The van der Waals surface area contributed by atoms with Crippen molar-refractivity contribution in [2.24, 2.45) is 0 Å². The number of halogens is 3. The number of aliphatic hydroxyl groups is 1. The molecule has 1 unspecified atom stereocenters. The molecule has 0 radical (unpaired) electrons. The molecule has 8 heteroatoms. The van der Waals surface area contributed by atoms with E-state index in [1.807, 2.05) is 17.0 Å². The van der Waals surface area contributed by atoms with E-state index in [-0.39, 0.29) is 0 Å². The Kier molecular flexibility index (Phi) is 8.11. The summed E-state index contributed by atoms with van der Waals surface area (Å²) in [5.41, 5.74) is -0.501. The van der Waals surface area contributed by atoms with Crippen LogP contribution in [0.25, 0.3) is 4.85 Å². The number of piperidine rings is 1. The van der Waals surface area contributed by atoms with E-state index in [4.69, 9.17) is 11.3 Å². The summed E-state index contributed by atoms with van der Waals surface area (Å²) in [4.78, 5) is 7.37. The van der Waals surface area contributed by atoms with Crippen LogP contribution in [0.2, 0.25) is 0 Å². The molecular formula is C28H34F3N3O2. The van der Waals surface area contributed by atoms with Gasteiger partial charge in [-0.2, -0.15) is 13.2 Å². The van der Waals surface area contributed by atoms with Crippen LogP contribution < -0.4 is 9.64 Å². The van der Waals surface area contributed by atoms with E-state index in [1.54, 1.807) is 6.07 Å². The highest BCUT2D eigenvalue weighted by Crippen LogP contribution is 2.40. The molecule has 2 aromatic rings. The van der Waals surface area contributed by atoms with Gasteiger partial charge in [0.1, 0.15) is 5.75 Å². The average Bonchev–Trinajstić information content (AvgIpc) is 3.39. The largest absolute Gasteiger partial charge is 0.493 e. The molecule has 194 valence electrons. The number of anilines is 1. The van der Waals surface area contributed by atoms with Crippen LogP contribution in [0.3, 0.4) is 0 Å². The first-order chi connectivity index (χ1) is 17.2. The third kappa shape index (κ3) is 6.13. The second kappa shape index (κ2) is 11.1. The normalized spacial score (nSPS) is 19.2. The molecule has 0 spiro atoms. The van der Waals surface area contributed by atoms with E-state index in [0.717, 1.165) is 31.3 Å². The van der Waals surface area contributed by atoms with Crippen LogP contribution in [-0.4, -0.2) is 48.4 Å². The Morgan fingerprint density at radius 1 is 1.06 bits per heavy atom. The molecule has 2 aromatic carbocycles. The van der Waals surface area contributed by atoms with E-state index in [1.165, 1.54) is 24.5 Å². The Balaban J connectivity index is 1.28. The predicted octanol–water partition coefficient (Wildman–Crippen LogP) is 6.60. The molecule has 1 N–H and O–H groups in total. The number of hydrogen-bond donors (Lipinski definition) is 1. The molecule has 2 saturated heterocycles. The maximum atomic E-state index is 13.3. The molecule has 5 nitrogen and oxygen atoms in total. The van der Waals surface area contributed by atoms with Crippen LogP contribution in [0.4, 0.5) is 24.5 Å². The maximum absolute atomic E-state index is 13.3. The highest BCUT2D eigenvalue weighted by Gasteiger charge is 2.36. The highest BCUT2D eigenvalue weighted by atomic mass is 19.4. The van der Waals surface area contributed by atoms with Crippen LogP contribution >= 0.6 is 0 Å². The Hall–Kier alpha value is -2.76. The molecule has 2 heterocycles. The van der Waals surface area contributed by atoms with E-state index in [9.17, 15) is 18.3 Å². The fourth-order valence-electron chi connectivity index (χ4n) is 5.38. The van der Waals surface area contributed by atoms with Crippen LogP contribution in [0, 0.1) is 6.57 Å². The first-order valence-electron chi connectivity index (χ1n) is 12.8. The number of nitrogens with zero attached hydrogens (tertiary/aromatic N) is 3. The van der Waals surface area contributed by atoms with Gasteiger partial charge in [0, 0.05) is 31.2 Å². The minimum atomic E-state index is -4.58. The van der Waals surface area contributed by atoms with Crippen molar-refractivity contribution < 1.29 is 23.0 Å². The lowest BCUT2D eigenvalue weighted by Gasteiger charge is -2.39. The van der Waals surface area contributed by atoms with Gasteiger partial charge in [-0.1, -0.05) is 25.1 Å². The van der Waals surface area contributed by atoms with Gasteiger partial charge < -0.3 is 14.7 Å². The third-order valence-electron chi connectivity index (χ3n) is 7.53. The van der Waals surface area contributed by atoms with Gasteiger partial charge in [0.25, 0.3) is 0 Å². The number of rotatable bonds is 8. The SMILES string of the molecule is [C-]#[N+]c1ccc(N2CCC(O)(CCOc3ccc(C(CC)N4CCCC4)cc3)CC2)cc1C(F)(F)F. The first kappa shape index (κ1) is 26.3. The minimum Gasteiger partial charge on any atom is -0.493 e. The molecule has 4 rings (SSSR count). The van der Waals surface area contributed by atoms with Crippen LogP contribution in [-0.2, 0) is 6.18 Å². The van der Waals surface area contributed by atoms with Gasteiger partial charge in [-0.05, 0) is 75.0 Å². The van der Waals surface area contributed by atoms with Gasteiger partial charge in [-0.15, -0.1) is 0 Å². The van der Waals surface area contributed by atoms with Gasteiger partial charge >= 0.3 is 6.18 Å². The van der Waals surface area contributed by atoms with Gasteiger partial charge in [0.2, 0.25) is 0 Å². The number of hydrogen-bond acceptors (Lipinski definition) is 4. The molecule has 0 aromatic heterocycles. The van der Waals surface area contributed by atoms with E-state index < -0.39 is 23.0 Å². The van der Waals surface area contributed by atoms with Crippen molar-refractivity contribution in [2.45, 2.75) is 63.3 Å². The summed E-state index contributed by atoms with van der Waals surface area (Å²) in [6.45, 7) is 12.8. The zero-order valence-corrected chi connectivity index (χ0v) is 20.7. The Morgan fingerprint density at radius 2 is 1.72 bits per heavy atom. The van der Waals surface area contributed by atoms with Crippen molar-refractivity contribution >= 4 is 11.4 Å². The second-order valence-electron chi connectivity index (χ2n) is 9.86. The van der Waals surface area contributed by atoms with Crippen molar-refractivity contribution in [3.8, 4) is 5.75 Å². The second-order valence-corrected chi connectivity index (χ2v) is 9.86. The molecule has 0 saturated carbocycles. The molecule has 2 fully saturated rings. The number of alkyl halides is 3. The van der Waals surface area contributed by atoms with Crippen molar-refractivity contribution in [3.05, 3.63) is 65.0 Å². The Labute approximate surface area is 211 Å². The predicted molar refractivity (Wildman–Crippen MR) is 134 cm³/mol. The quantitative estimate of drug-likeness (QED) is 0.414. The summed E-state index contributed by atoms with van der Waals surface area (Å²) in [5, 5.41) is 11.0. The van der Waals surface area contributed by atoms with Crippen LogP contribution in [0.15, 0.2) is 42.5 Å². The molecule has 2 aliphatic heterocycles. The van der Waals surface area contributed by atoms with E-state index in [0.29, 0.717) is 50.7 Å². The zero-order chi connectivity index (χ0) is 25.8. The van der Waals surface area contributed by atoms with Crippen LogP contribution in [0.1, 0.15) is 62.6 Å². The van der Waals surface area contributed by atoms with Crippen molar-refractivity contribution in [1.29, 1.82) is 0 Å². The van der Waals surface area contributed by atoms with E-state index >= 15 is 0 Å². The molecule has 0 bridgehead atoms. The molecule has 0 amide bonds. The smallest absolute Gasteiger partial charge is 0.407 e. The first-order valence-corrected chi connectivity index (χ1v) is 12.8. The summed E-state index contributed by atoms with van der Waals surface area (Å²) >= 11 is 0. The summed E-state index contributed by atoms with van der Waals surface area (Å²) < 4.78 is 45.9. The van der Waals surface area contributed by atoms with E-state index in [2.05, 4.69) is 28.8 Å². The van der Waals surface area contributed by atoms with Gasteiger partial charge in [0.15, 0.2) is 5.69 Å². The lowest BCUT2D eigenvalue weighted by Crippen LogP contribution is -2.45. The molecular weight excluding hydrogens is 467 g/mol. The van der Waals surface area contributed by atoms with Crippen molar-refractivity contribution in [1.82, 2.24) is 4.90 Å². The Morgan fingerprint density at radius 3 is 2.31 bits per heavy atom. The lowest BCUT2D eigenvalue weighted by molar-refractivity contribution is -0.136. The zero-order valence-electron chi connectivity index (χ0n) is 20.7. The summed E-state index contributed by atoms with van der Waals surface area (Å²) in [5.74, 6) is 0.774. The third-order valence-corrected chi connectivity index (χ3v) is 7.53. The fraction of sp³-hybridized carbons (Fsp3) is 0.536. The molecule has 0 aliphatic carbocycles. The molecule has 1 atom stereocenters. The summed E-state index contributed by atoms with van der Waals surface area (Å²) in [6, 6.07) is 12.5. The average molecular weight is 502 g/mol. The fourth-order valence-corrected chi connectivity index (χ4v) is 5.38. The number of benzene rings is 2. The lowest BCUT2D eigenvalue weighted by atomic mass is 9.88. The molecule has 36 heavy (non-hydrogen) atoms. The van der Waals surface area contributed by atoms with Crippen molar-refractivity contribution in [2.75, 3.05) is 37.7 Å². The Bertz CT molecular complexity index is 1050. The number of ether oxygens (including phenoxy) is 1. The topological polar surface area (TPSA) is 40.3 Å². The minimum absolute atomic E-state index is 0.372.